The number of carboxylic acids is 1. The Balaban J connectivity index is 4.05. The summed E-state index contributed by atoms with van der Waals surface area (Å²) >= 11 is 0. The van der Waals surface area contributed by atoms with Crippen LogP contribution in [-0.4, -0.2) is 62.2 Å². The van der Waals surface area contributed by atoms with E-state index in [9.17, 15) is 18.0 Å². The number of rotatable bonds is 8. The van der Waals surface area contributed by atoms with Gasteiger partial charge in [-0.15, -0.1) is 0 Å². The number of hydrogen-bond donors (Lipinski definition) is 3. The van der Waals surface area contributed by atoms with Crippen molar-refractivity contribution in [2.75, 3.05) is 26.7 Å². The third-order valence-electron chi connectivity index (χ3n) is 2.13. The van der Waals surface area contributed by atoms with E-state index in [1.807, 2.05) is 0 Å². The number of amides is 1. The summed E-state index contributed by atoms with van der Waals surface area (Å²) in [7, 11) is -2.49. The lowest BCUT2D eigenvalue weighted by atomic mass is 10.2. The summed E-state index contributed by atoms with van der Waals surface area (Å²) in [4.78, 5) is 21.7. The Kier molecular flexibility index (Phi) is 7.61. The summed E-state index contributed by atoms with van der Waals surface area (Å²) in [5, 5.41) is 10.9. The van der Waals surface area contributed by atoms with Crippen molar-refractivity contribution in [3.8, 4) is 0 Å². The number of carboxylic acid groups (broad SMARTS) is 1. The Labute approximate surface area is 124 Å². The highest BCUT2D eigenvalue weighted by atomic mass is 32.2. The van der Waals surface area contributed by atoms with E-state index in [0.717, 1.165) is 4.31 Å². The smallest absolute Gasteiger partial charge is 0.407 e. The normalized spacial score (nSPS) is 12.2. The lowest BCUT2D eigenvalue weighted by Crippen LogP contribution is -2.43. The number of carbonyl (C=O) groups is 2. The number of aliphatic carboxylic acids is 1. The minimum Gasteiger partial charge on any atom is -0.481 e. The van der Waals surface area contributed by atoms with Gasteiger partial charge in [0.05, 0.1) is 6.42 Å². The molecule has 1 amide bonds. The lowest BCUT2D eigenvalue weighted by Gasteiger charge is -2.20. The van der Waals surface area contributed by atoms with E-state index in [1.54, 1.807) is 20.8 Å². The molecule has 21 heavy (non-hydrogen) atoms. The van der Waals surface area contributed by atoms with Gasteiger partial charge in [-0.3, -0.25) is 4.79 Å². The zero-order valence-corrected chi connectivity index (χ0v) is 13.5. The van der Waals surface area contributed by atoms with Crippen molar-refractivity contribution in [2.45, 2.75) is 32.8 Å². The highest BCUT2D eigenvalue weighted by Crippen LogP contribution is 2.06. The number of ether oxygens (including phenoxy) is 1. The Morgan fingerprint density at radius 2 is 1.81 bits per heavy atom. The molecule has 0 saturated carbocycles. The molecule has 0 spiro atoms. The maximum atomic E-state index is 11.7. The van der Waals surface area contributed by atoms with Gasteiger partial charge in [-0.2, -0.15) is 12.7 Å². The highest BCUT2D eigenvalue weighted by Gasteiger charge is 2.18. The molecule has 124 valence electrons. The standard InChI is InChI=1S/C11H23N3O6S/c1-11(2,3)20-10(17)12-6-7-13-21(18,19)14(4)8-5-9(15)16/h13H,5-8H2,1-4H3,(H,12,17)(H,15,16). The van der Waals surface area contributed by atoms with Crippen molar-refractivity contribution in [3.05, 3.63) is 0 Å². The van der Waals surface area contributed by atoms with Crippen LogP contribution < -0.4 is 10.0 Å². The van der Waals surface area contributed by atoms with Gasteiger partial charge in [0.15, 0.2) is 0 Å². The molecule has 0 unspecified atom stereocenters. The van der Waals surface area contributed by atoms with Gasteiger partial charge in [0.1, 0.15) is 5.60 Å². The van der Waals surface area contributed by atoms with Crippen LogP contribution in [0.3, 0.4) is 0 Å². The summed E-state index contributed by atoms with van der Waals surface area (Å²) in [5.41, 5.74) is -0.624. The van der Waals surface area contributed by atoms with E-state index in [1.165, 1.54) is 7.05 Å². The molecule has 3 N–H and O–H groups in total. The fourth-order valence-electron chi connectivity index (χ4n) is 1.14. The van der Waals surface area contributed by atoms with Gasteiger partial charge in [0, 0.05) is 26.7 Å². The number of alkyl carbamates (subject to hydrolysis) is 1. The number of hydrogen-bond acceptors (Lipinski definition) is 5. The molecule has 0 aliphatic carbocycles. The van der Waals surface area contributed by atoms with Gasteiger partial charge in [-0.05, 0) is 20.8 Å². The first kappa shape index (κ1) is 19.6. The van der Waals surface area contributed by atoms with E-state index >= 15 is 0 Å². The van der Waals surface area contributed by atoms with Crippen LogP contribution in [0.5, 0.6) is 0 Å². The summed E-state index contributed by atoms with van der Waals surface area (Å²) in [6, 6.07) is 0. The largest absolute Gasteiger partial charge is 0.481 e. The Morgan fingerprint density at radius 1 is 1.24 bits per heavy atom. The summed E-state index contributed by atoms with van der Waals surface area (Å²) in [6.45, 7) is 5.04. The first-order valence-electron chi connectivity index (χ1n) is 6.33. The maximum Gasteiger partial charge on any atom is 0.407 e. The molecule has 0 bridgehead atoms. The van der Waals surface area contributed by atoms with Gasteiger partial charge in [0.25, 0.3) is 10.2 Å². The van der Waals surface area contributed by atoms with E-state index < -0.39 is 27.9 Å². The molecule has 0 heterocycles. The molecular formula is C11H23N3O6S. The molecular weight excluding hydrogens is 302 g/mol. The van der Waals surface area contributed by atoms with Crippen LogP contribution in [0.15, 0.2) is 0 Å². The van der Waals surface area contributed by atoms with Crippen LogP contribution in [0, 0.1) is 0 Å². The molecule has 0 aromatic heterocycles. The zero-order chi connectivity index (χ0) is 16.7. The molecule has 0 atom stereocenters. The van der Waals surface area contributed by atoms with Crippen LogP contribution in [0.4, 0.5) is 4.79 Å². The number of nitrogens with zero attached hydrogens (tertiary/aromatic N) is 1. The molecule has 0 aliphatic heterocycles. The molecule has 9 nitrogen and oxygen atoms in total. The first-order valence-corrected chi connectivity index (χ1v) is 7.77. The summed E-state index contributed by atoms with van der Waals surface area (Å²) < 4.78 is 31.5. The van der Waals surface area contributed by atoms with E-state index in [-0.39, 0.29) is 26.1 Å². The van der Waals surface area contributed by atoms with E-state index in [2.05, 4.69) is 10.0 Å². The summed E-state index contributed by atoms with van der Waals surface area (Å²) in [5.74, 6) is -1.08. The van der Waals surface area contributed by atoms with Crippen LogP contribution in [0.1, 0.15) is 27.2 Å². The maximum absolute atomic E-state index is 11.7. The second kappa shape index (κ2) is 8.15. The molecule has 0 aromatic carbocycles. The van der Waals surface area contributed by atoms with Crippen LogP contribution >= 0.6 is 0 Å². The minimum atomic E-state index is -3.76. The predicted octanol–water partition coefficient (Wildman–Crippen LogP) is -0.248. The van der Waals surface area contributed by atoms with Gasteiger partial charge in [0.2, 0.25) is 0 Å². The fraction of sp³-hybridized carbons (Fsp3) is 0.818. The van der Waals surface area contributed by atoms with Gasteiger partial charge < -0.3 is 15.2 Å². The van der Waals surface area contributed by atoms with E-state index in [0.29, 0.717) is 0 Å². The van der Waals surface area contributed by atoms with Gasteiger partial charge in [-0.25, -0.2) is 9.52 Å². The van der Waals surface area contributed by atoms with Gasteiger partial charge >= 0.3 is 12.1 Å². The van der Waals surface area contributed by atoms with Gasteiger partial charge in [-0.1, -0.05) is 0 Å². The quantitative estimate of drug-likeness (QED) is 0.529. The number of nitrogens with one attached hydrogen (secondary N) is 2. The molecule has 0 aromatic rings. The second-order valence-corrected chi connectivity index (χ2v) is 7.16. The van der Waals surface area contributed by atoms with Crippen molar-refractivity contribution in [1.29, 1.82) is 0 Å². The SMILES string of the molecule is CN(CCC(=O)O)S(=O)(=O)NCCNC(=O)OC(C)(C)C. The highest BCUT2D eigenvalue weighted by molar-refractivity contribution is 7.87. The van der Waals surface area contributed by atoms with Crippen molar-refractivity contribution in [2.24, 2.45) is 0 Å². The third kappa shape index (κ3) is 10.0. The topological polar surface area (TPSA) is 125 Å². The Hall–Kier alpha value is -1.39. The fourth-order valence-corrected chi connectivity index (χ4v) is 2.05. The average Bonchev–Trinajstić information content (AvgIpc) is 2.29. The second-order valence-electron chi connectivity index (χ2n) is 5.29. The molecule has 0 rings (SSSR count). The van der Waals surface area contributed by atoms with E-state index in [4.69, 9.17) is 9.84 Å². The minimum absolute atomic E-state index is 0.0288. The third-order valence-corrected chi connectivity index (χ3v) is 3.70. The molecule has 0 fully saturated rings. The zero-order valence-electron chi connectivity index (χ0n) is 12.7. The monoisotopic (exact) mass is 325 g/mol. The Morgan fingerprint density at radius 3 is 2.29 bits per heavy atom. The molecule has 10 heteroatoms. The van der Waals surface area contributed by atoms with Crippen LogP contribution in [-0.2, 0) is 19.7 Å². The average molecular weight is 325 g/mol. The molecule has 0 saturated heterocycles. The predicted molar refractivity (Wildman–Crippen MR) is 76.0 cm³/mol. The van der Waals surface area contributed by atoms with Crippen molar-refractivity contribution in [1.82, 2.24) is 14.3 Å². The first-order chi connectivity index (χ1) is 9.44. The van der Waals surface area contributed by atoms with Crippen LogP contribution in [0.2, 0.25) is 0 Å². The number of carbonyl (C=O) groups excluding carboxylic acids is 1. The Bertz CT molecular complexity index is 457. The van der Waals surface area contributed by atoms with Crippen molar-refractivity contribution < 1.29 is 27.9 Å². The summed E-state index contributed by atoms with van der Waals surface area (Å²) in [6.07, 6.45) is -0.922. The lowest BCUT2D eigenvalue weighted by molar-refractivity contribution is -0.137. The van der Waals surface area contributed by atoms with Crippen LogP contribution in [0.25, 0.3) is 0 Å². The molecule has 0 aliphatic rings. The van der Waals surface area contributed by atoms with Crippen molar-refractivity contribution >= 4 is 22.3 Å². The molecule has 0 radical (unpaired) electrons. The van der Waals surface area contributed by atoms with Crippen molar-refractivity contribution in [3.63, 3.8) is 0 Å².